The highest BCUT2D eigenvalue weighted by Gasteiger charge is 2.26. The van der Waals surface area contributed by atoms with Gasteiger partial charge in [0, 0.05) is 25.2 Å². The summed E-state index contributed by atoms with van der Waals surface area (Å²) in [6.45, 7) is 2.70. The van der Waals surface area contributed by atoms with E-state index in [1.165, 1.54) is 24.4 Å². The normalized spacial score (nSPS) is 16.6. The number of nitriles is 1. The van der Waals surface area contributed by atoms with Gasteiger partial charge in [-0.25, -0.2) is 0 Å². The molecule has 1 saturated heterocycles. The third-order valence-electron chi connectivity index (χ3n) is 4.67. The van der Waals surface area contributed by atoms with Gasteiger partial charge in [0.1, 0.15) is 17.1 Å². The van der Waals surface area contributed by atoms with Gasteiger partial charge < -0.3 is 19.8 Å². The summed E-state index contributed by atoms with van der Waals surface area (Å²) in [5.41, 5.74) is 0.797. The van der Waals surface area contributed by atoms with Crippen LogP contribution in [-0.2, 0) is 0 Å². The van der Waals surface area contributed by atoms with Crippen molar-refractivity contribution in [2.45, 2.75) is 26.2 Å². The van der Waals surface area contributed by atoms with Crippen LogP contribution >= 0.6 is 0 Å². The second kappa shape index (κ2) is 7.91. The maximum atomic E-state index is 12.8. The van der Waals surface area contributed by atoms with Crippen LogP contribution in [0.15, 0.2) is 28.9 Å². The summed E-state index contributed by atoms with van der Waals surface area (Å²) in [6.07, 6.45) is 3.46. The first kappa shape index (κ1) is 18.5. The number of carbonyl (C=O) groups is 2. The van der Waals surface area contributed by atoms with Gasteiger partial charge in [0.25, 0.3) is 11.8 Å². The first-order chi connectivity index (χ1) is 13.0. The number of carbonyl (C=O) groups excluding carboxylic acids is 2. The summed E-state index contributed by atoms with van der Waals surface area (Å²) >= 11 is 0. The number of amides is 2. The fourth-order valence-corrected chi connectivity index (χ4v) is 3.22. The number of likely N-dealkylation sites (tertiary alicyclic amines) is 1. The zero-order chi connectivity index (χ0) is 19.4. The molecular formula is C19H20N4O4. The van der Waals surface area contributed by atoms with Crippen LogP contribution in [0.2, 0.25) is 0 Å². The second-order valence-corrected chi connectivity index (χ2v) is 6.60. The molecule has 8 nitrogen and oxygen atoms in total. The highest BCUT2D eigenvalue weighted by atomic mass is 16.5. The molecule has 1 fully saturated rings. The van der Waals surface area contributed by atoms with Gasteiger partial charge in [-0.3, -0.25) is 9.59 Å². The molecule has 3 rings (SSSR count). The van der Waals surface area contributed by atoms with Crippen LogP contribution in [0.1, 0.15) is 45.7 Å². The summed E-state index contributed by atoms with van der Waals surface area (Å²) in [5.74, 6) is -0.340. The van der Waals surface area contributed by atoms with Crippen molar-refractivity contribution in [1.82, 2.24) is 10.1 Å². The molecule has 1 aliphatic rings. The highest BCUT2D eigenvalue weighted by Crippen LogP contribution is 2.27. The Morgan fingerprint density at radius 2 is 2.26 bits per heavy atom. The zero-order valence-electron chi connectivity index (χ0n) is 14.9. The van der Waals surface area contributed by atoms with Gasteiger partial charge in [0.15, 0.2) is 0 Å². The van der Waals surface area contributed by atoms with Crippen molar-refractivity contribution >= 4 is 17.5 Å². The van der Waals surface area contributed by atoms with Crippen molar-refractivity contribution in [3.05, 3.63) is 41.3 Å². The minimum absolute atomic E-state index is 0.118. The van der Waals surface area contributed by atoms with E-state index >= 15 is 0 Å². The summed E-state index contributed by atoms with van der Waals surface area (Å²) < 4.78 is 4.88. The highest BCUT2D eigenvalue weighted by molar-refractivity contribution is 6.06. The van der Waals surface area contributed by atoms with E-state index < -0.39 is 5.91 Å². The Hall–Kier alpha value is -3.34. The molecular weight excluding hydrogens is 348 g/mol. The third kappa shape index (κ3) is 4.08. The van der Waals surface area contributed by atoms with Crippen LogP contribution < -0.4 is 5.32 Å². The largest absolute Gasteiger partial charge is 0.507 e. The average Bonchev–Trinajstić information content (AvgIpc) is 3.09. The van der Waals surface area contributed by atoms with Crippen LogP contribution in [0, 0.1) is 24.2 Å². The van der Waals surface area contributed by atoms with Gasteiger partial charge in [-0.1, -0.05) is 5.16 Å². The Morgan fingerprint density at radius 3 is 2.96 bits per heavy atom. The summed E-state index contributed by atoms with van der Waals surface area (Å²) in [6, 6.07) is 6.49. The number of benzene rings is 1. The van der Waals surface area contributed by atoms with Crippen molar-refractivity contribution in [2.75, 3.05) is 18.4 Å². The molecule has 0 aliphatic carbocycles. The number of rotatable bonds is 4. The van der Waals surface area contributed by atoms with E-state index in [1.54, 1.807) is 11.8 Å². The molecule has 1 atom stereocenters. The number of aromatic hydroxyl groups is 1. The molecule has 0 radical (unpaired) electrons. The Morgan fingerprint density at radius 1 is 1.44 bits per heavy atom. The van der Waals surface area contributed by atoms with Gasteiger partial charge in [-0.2, -0.15) is 5.26 Å². The molecule has 2 amide bonds. The Bertz CT molecular complexity index is 899. The number of phenolic OH excluding ortho intramolecular Hbond substituents is 1. The maximum Gasteiger partial charge on any atom is 0.260 e. The molecule has 0 saturated carbocycles. The van der Waals surface area contributed by atoms with Crippen LogP contribution in [0.25, 0.3) is 0 Å². The number of anilines is 1. The van der Waals surface area contributed by atoms with Crippen LogP contribution in [0.5, 0.6) is 5.75 Å². The van der Waals surface area contributed by atoms with Crippen molar-refractivity contribution in [3.63, 3.8) is 0 Å². The van der Waals surface area contributed by atoms with Crippen molar-refractivity contribution in [3.8, 4) is 11.8 Å². The van der Waals surface area contributed by atoms with Crippen molar-refractivity contribution < 1.29 is 19.2 Å². The molecule has 1 unspecified atom stereocenters. The Labute approximate surface area is 156 Å². The van der Waals surface area contributed by atoms with E-state index in [4.69, 9.17) is 9.78 Å². The standard InChI is InChI=1S/C19H20N4O4/c1-12-16(10-21-27-12)18(25)22-14-4-5-17(24)15(9-14)19(26)23-8-2-3-13(11-23)6-7-20/h4-5,9-10,13,24H,2-3,6,8,11H2,1H3,(H,22,25). The molecule has 140 valence electrons. The van der Waals surface area contributed by atoms with Crippen molar-refractivity contribution in [1.29, 1.82) is 5.26 Å². The lowest BCUT2D eigenvalue weighted by Crippen LogP contribution is -2.39. The molecule has 2 heterocycles. The molecule has 1 aromatic carbocycles. The minimum atomic E-state index is -0.412. The molecule has 2 N–H and O–H groups in total. The quantitative estimate of drug-likeness (QED) is 0.801. The van der Waals surface area contributed by atoms with Crippen LogP contribution in [0.3, 0.4) is 0 Å². The van der Waals surface area contributed by atoms with E-state index in [9.17, 15) is 14.7 Å². The number of nitrogens with zero attached hydrogens (tertiary/aromatic N) is 3. The molecule has 8 heteroatoms. The fraction of sp³-hybridized carbons (Fsp3) is 0.368. The lowest BCUT2D eigenvalue weighted by atomic mass is 9.95. The number of aryl methyl sites for hydroxylation is 1. The van der Waals surface area contributed by atoms with Crippen LogP contribution in [-0.4, -0.2) is 40.1 Å². The van der Waals surface area contributed by atoms with E-state index in [0.29, 0.717) is 36.5 Å². The topological polar surface area (TPSA) is 119 Å². The lowest BCUT2D eigenvalue weighted by Gasteiger charge is -2.32. The Kier molecular flexibility index (Phi) is 5.41. The van der Waals surface area contributed by atoms with Gasteiger partial charge in [-0.15, -0.1) is 0 Å². The van der Waals surface area contributed by atoms with E-state index in [0.717, 1.165) is 12.8 Å². The number of nitrogens with one attached hydrogen (secondary N) is 1. The SMILES string of the molecule is Cc1oncc1C(=O)Nc1ccc(O)c(C(=O)N2CCCC(CC#N)C2)c1. The number of hydrogen-bond acceptors (Lipinski definition) is 6. The monoisotopic (exact) mass is 368 g/mol. The zero-order valence-corrected chi connectivity index (χ0v) is 14.9. The molecule has 0 spiro atoms. The lowest BCUT2D eigenvalue weighted by molar-refractivity contribution is 0.0672. The number of phenols is 1. The number of hydrogen-bond donors (Lipinski definition) is 2. The maximum absolute atomic E-state index is 12.8. The summed E-state index contributed by atoms with van der Waals surface area (Å²) in [5, 5.41) is 25.3. The average molecular weight is 368 g/mol. The number of piperidine rings is 1. The van der Waals surface area contributed by atoms with E-state index in [1.807, 2.05) is 0 Å². The molecule has 1 aromatic heterocycles. The third-order valence-corrected chi connectivity index (χ3v) is 4.67. The van der Waals surface area contributed by atoms with Gasteiger partial charge >= 0.3 is 0 Å². The minimum Gasteiger partial charge on any atom is -0.507 e. The predicted octanol–water partition coefficient (Wildman–Crippen LogP) is 2.71. The smallest absolute Gasteiger partial charge is 0.260 e. The predicted molar refractivity (Wildman–Crippen MR) is 96.2 cm³/mol. The Balaban J connectivity index is 1.77. The first-order valence-electron chi connectivity index (χ1n) is 8.71. The fourth-order valence-electron chi connectivity index (χ4n) is 3.22. The molecule has 2 aromatic rings. The van der Waals surface area contributed by atoms with Crippen molar-refractivity contribution in [2.24, 2.45) is 5.92 Å². The molecule has 27 heavy (non-hydrogen) atoms. The molecule has 0 bridgehead atoms. The molecule has 1 aliphatic heterocycles. The van der Waals surface area contributed by atoms with E-state index in [-0.39, 0.29) is 23.1 Å². The number of aromatic nitrogens is 1. The first-order valence-corrected chi connectivity index (χ1v) is 8.71. The van der Waals surface area contributed by atoms with Crippen LogP contribution in [0.4, 0.5) is 5.69 Å². The summed E-state index contributed by atoms with van der Waals surface area (Å²) in [7, 11) is 0. The van der Waals surface area contributed by atoms with Gasteiger partial charge in [0.2, 0.25) is 0 Å². The van der Waals surface area contributed by atoms with Gasteiger partial charge in [0.05, 0.1) is 17.8 Å². The second-order valence-electron chi connectivity index (χ2n) is 6.60. The summed E-state index contributed by atoms with van der Waals surface area (Å²) in [4.78, 5) is 26.8. The van der Waals surface area contributed by atoms with Gasteiger partial charge in [-0.05, 0) is 43.9 Å². The van der Waals surface area contributed by atoms with E-state index in [2.05, 4.69) is 16.5 Å².